The van der Waals surface area contributed by atoms with E-state index in [0.717, 1.165) is 44.7 Å². The standard InChI is InChI=1S/C50H33NO/c1-2-10-34(11-3-1)40-15-8-16-44(33-40)51(42-27-22-36(23-28-42)41-21-20-35-12-4-5-14-39(35)32-41)43-29-24-38(25-30-43)46-18-9-19-47-49-45-17-7-6-13-37(45)26-31-48(49)52-50(46)47/h1-33H. The Morgan fingerprint density at radius 2 is 0.904 bits per heavy atom. The Morgan fingerprint density at radius 3 is 1.71 bits per heavy atom. The molecule has 0 bridgehead atoms. The van der Waals surface area contributed by atoms with Crippen LogP contribution in [0.15, 0.2) is 205 Å². The maximum Gasteiger partial charge on any atom is 0.143 e. The van der Waals surface area contributed by atoms with Gasteiger partial charge in [0.05, 0.1) is 0 Å². The van der Waals surface area contributed by atoms with Gasteiger partial charge in [0.1, 0.15) is 11.2 Å². The van der Waals surface area contributed by atoms with Crippen LogP contribution in [0.5, 0.6) is 0 Å². The van der Waals surface area contributed by atoms with E-state index in [4.69, 9.17) is 4.42 Å². The van der Waals surface area contributed by atoms with Crippen molar-refractivity contribution in [2.75, 3.05) is 4.90 Å². The fraction of sp³-hybridized carbons (Fsp3) is 0. The molecule has 1 aromatic heterocycles. The summed E-state index contributed by atoms with van der Waals surface area (Å²) in [5.41, 5.74) is 12.1. The van der Waals surface area contributed by atoms with Gasteiger partial charge < -0.3 is 9.32 Å². The van der Waals surface area contributed by atoms with Crippen LogP contribution >= 0.6 is 0 Å². The molecular formula is C50H33NO. The van der Waals surface area contributed by atoms with Crippen LogP contribution in [0.25, 0.3) is 76.9 Å². The lowest BCUT2D eigenvalue weighted by Crippen LogP contribution is -2.10. The summed E-state index contributed by atoms with van der Waals surface area (Å²) in [6.45, 7) is 0. The molecule has 0 unspecified atom stereocenters. The van der Waals surface area contributed by atoms with Crippen LogP contribution in [0.3, 0.4) is 0 Å². The summed E-state index contributed by atoms with van der Waals surface area (Å²) < 4.78 is 6.58. The zero-order valence-corrected chi connectivity index (χ0v) is 28.4. The van der Waals surface area contributed by atoms with Gasteiger partial charge in [0, 0.05) is 33.4 Å². The van der Waals surface area contributed by atoms with Crippen LogP contribution in [-0.4, -0.2) is 0 Å². The fourth-order valence-electron chi connectivity index (χ4n) is 7.66. The second-order valence-electron chi connectivity index (χ2n) is 13.4. The second-order valence-corrected chi connectivity index (χ2v) is 13.4. The van der Waals surface area contributed by atoms with Crippen LogP contribution in [-0.2, 0) is 0 Å². The number of para-hydroxylation sites is 1. The minimum absolute atomic E-state index is 0.911. The Labute approximate surface area is 302 Å². The third-order valence-electron chi connectivity index (χ3n) is 10.2. The lowest BCUT2D eigenvalue weighted by molar-refractivity contribution is 0.670. The third kappa shape index (κ3) is 5.21. The van der Waals surface area contributed by atoms with Crippen molar-refractivity contribution in [2.24, 2.45) is 0 Å². The minimum Gasteiger partial charge on any atom is -0.455 e. The van der Waals surface area contributed by atoms with Crippen LogP contribution in [0, 0.1) is 0 Å². The first-order chi connectivity index (χ1) is 25.8. The highest BCUT2D eigenvalue weighted by molar-refractivity contribution is 6.20. The van der Waals surface area contributed by atoms with E-state index in [1.54, 1.807) is 0 Å². The lowest BCUT2D eigenvalue weighted by atomic mass is 9.99. The maximum atomic E-state index is 6.58. The average Bonchev–Trinajstić information content (AvgIpc) is 3.62. The Kier molecular flexibility index (Phi) is 7.18. The normalized spacial score (nSPS) is 11.5. The zero-order chi connectivity index (χ0) is 34.4. The monoisotopic (exact) mass is 663 g/mol. The highest BCUT2D eigenvalue weighted by atomic mass is 16.3. The summed E-state index contributed by atoms with van der Waals surface area (Å²) in [5, 5.41) is 7.24. The summed E-state index contributed by atoms with van der Waals surface area (Å²) in [5.74, 6) is 0. The van der Waals surface area contributed by atoms with Crippen molar-refractivity contribution in [2.45, 2.75) is 0 Å². The highest BCUT2D eigenvalue weighted by Gasteiger charge is 2.17. The fourth-order valence-corrected chi connectivity index (χ4v) is 7.66. The maximum absolute atomic E-state index is 6.58. The smallest absolute Gasteiger partial charge is 0.143 e. The van der Waals surface area contributed by atoms with E-state index in [1.807, 2.05) is 0 Å². The van der Waals surface area contributed by atoms with Crippen molar-refractivity contribution in [3.05, 3.63) is 200 Å². The van der Waals surface area contributed by atoms with Gasteiger partial charge in [0.25, 0.3) is 0 Å². The van der Waals surface area contributed by atoms with Crippen molar-refractivity contribution in [1.29, 1.82) is 0 Å². The predicted molar refractivity (Wildman–Crippen MR) is 220 cm³/mol. The molecule has 1 heterocycles. The minimum atomic E-state index is 0.911. The summed E-state index contributed by atoms with van der Waals surface area (Å²) in [6.07, 6.45) is 0. The van der Waals surface area contributed by atoms with E-state index < -0.39 is 0 Å². The molecule has 0 saturated heterocycles. The summed E-state index contributed by atoms with van der Waals surface area (Å²) >= 11 is 0. The highest BCUT2D eigenvalue weighted by Crippen LogP contribution is 2.42. The molecule has 0 aliphatic rings. The molecule has 0 amide bonds. The topological polar surface area (TPSA) is 16.4 Å². The molecule has 0 fully saturated rings. The molecule has 2 nitrogen and oxygen atoms in total. The van der Waals surface area contributed by atoms with Crippen LogP contribution in [0.1, 0.15) is 0 Å². The molecule has 10 aromatic rings. The number of furan rings is 1. The Balaban J connectivity index is 1.07. The van der Waals surface area contributed by atoms with Gasteiger partial charge in [-0.05, 0) is 97.9 Å². The van der Waals surface area contributed by atoms with Gasteiger partial charge in [-0.3, -0.25) is 0 Å². The Hall–Kier alpha value is -6.90. The molecule has 0 saturated carbocycles. The molecule has 10 rings (SSSR count). The number of fused-ring (bicyclic) bond motifs is 6. The molecular weight excluding hydrogens is 631 g/mol. The first-order valence-electron chi connectivity index (χ1n) is 17.8. The van der Waals surface area contributed by atoms with Crippen LogP contribution in [0.4, 0.5) is 17.1 Å². The van der Waals surface area contributed by atoms with E-state index in [9.17, 15) is 0 Å². The number of benzene rings is 9. The number of nitrogens with zero attached hydrogens (tertiary/aromatic N) is 1. The van der Waals surface area contributed by atoms with E-state index in [2.05, 4.69) is 205 Å². The van der Waals surface area contributed by atoms with Gasteiger partial charge >= 0.3 is 0 Å². The van der Waals surface area contributed by atoms with E-state index in [-0.39, 0.29) is 0 Å². The molecule has 0 spiro atoms. The third-order valence-corrected chi connectivity index (χ3v) is 10.2. The molecule has 0 aliphatic heterocycles. The van der Waals surface area contributed by atoms with Crippen molar-refractivity contribution < 1.29 is 4.42 Å². The molecule has 0 N–H and O–H groups in total. The number of anilines is 3. The second kappa shape index (κ2) is 12.5. The molecule has 0 atom stereocenters. The molecule has 0 radical (unpaired) electrons. The predicted octanol–water partition coefficient (Wildman–Crippen LogP) is 14.4. The SMILES string of the molecule is c1ccc(-c2cccc(N(c3ccc(-c4ccc5ccccc5c4)cc3)c3ccc(-c4cccc5c4oc4ccc6ccccc6c45)cc3)c2)cc1. The largest absolute Gasteiger partial charge is 0.455 e. The summed E-state index contributed by atoms with van der Waals surface area (Å²) in [4.78, 5) is 2.34. The number of hydrogen-bond acceptors (Lipinski definition) is 2. The Bertz CT molecular complexity index is 2890. The van der Waals surface area contributed by atoms with Crippen molar-refractivity contribution in [1.82, 2.24) is 0 Å². The van der Waals surface area contributed by atoms with Gasteiger partial charge in [-0.25, -0.2) is 0 Å². The van der Waals surface area contributed by atoms with Gasteiger partial charge in [0.2, 0.25) is 0 Å². The Morgan fingerprint density at radius 1 is 0.327 bits per heavy atom. The first-order valence-corrected chi connectivity index (χ1v) is 17.8. The molecule has 9 aromatic carbocycles. The molecule has 244 valence electrons. The first kappa shape index (κ1) is 30.0. The average molecular weight is 664 g/mol. The van der Waals surface area contributed by atoms with Gasteiger partial charge in [0.15, 0.2) is 0 Å². The summed E-state index contributed by atoms with van der Waals surface area (Å²) in [6, 6.07) is 71.6. The number of rotatable bonds is 6. The van der Waals surface area contributed by atoms with Crippen molar-refractivity contribution >= 4 is 60.5 Å². The van der Waals surface area contributed by atoms with E-state index in [1.165, 1.54) is 49.2 Å². The van der Waals surface area contributed by atoms with Gasteiger partial charge in [-0.2, -0.15) is 0 Å². The van der Waals surface area contributed by atoms with Crippen molar-refractivity contribution in [3.63, 3.8) is 0 Å². The quantitative estimate of drug-likeness (QED) is 0.176. The van der Waals surface area contributed by atoms with Crippen LogP contribution in [0.2, 0.25) is 0 Å². The lowest BCUT2D eigenvalue weighted by Gasteiger charge is -2.26. The van der Waals surface area contributed by atoms with Gasteiger partial charge in [-0.1, -0.05) is 152 Å². The van der Waals surface area contributed by atoms with E-state index in [0.29, 0.717) is 0 Å². The number of hydrogen-bond donors (Lipinski definition) is 0. The molecule has 52 heavy (non-hydrogen) atoms. The van der Waals surface area contributed by atoms with Gasteiger partial charge in [-0.15, -0.1) is 0 Å². The summed E-state index contributed by atoms with van der Waals surface area (Å²) in [7, 11) is 0. The van der Waals surface area contributed by atoms with E-state index >= 15 is 0 Å². The van der Waals surface area contributed by atoms with Crippen LogP contribution < -0.4 is 4.90 Å². The molecule has 0 aliphatic carbocycles. The molecule has 2 heteroatoms. The zero-order valence-electron chi connectivity index (χ0n) is 28.4. The van der Waals surface area contributed by atoms with Crippen molar-refractivity contribution in [3.8, 4) is 33.4 Å².